The predicted octanol–water partition coefficient (Wildman–Crippen LogP) is 4.77. The number of thiophene rings is 1. The Morgan fingerprint density at radius 3 is 2.49 bits per heavy atom. The van der Waals surface area contributed by atoms with Gasteiger partial charge in [-0.25, -0.2) is 8.42 Å². The van der Waals surface area contributed by atoms with Gasteiger partial charge in [0.05, 0.1) is 17.0 Å². The van der Waals surface area contributed by atoms with Gasteiger partial charge < -0.3 is 10.4 Å². The van der Waals surface area contributed by atoms with Crippen molar-refractivity contribution in [3.63, 3.8) is 0 Å². The Bertz CT molecular complexity index is 1670. The van der Waals surface area contributed by atoms with Gasteiger partial charge in [0.15, 0.2) is 15.7 Å². The molecule has 0 fully saturated rings. The molecule has 3 heterocycles. The van der Waals surface area contributed by atoms with Gasteiger partial charge in [0.25, 0.3) is 0 Å². The maximum atomic E-state index is 11.9. The number of nitrogens with zero attached hydrogens (tertiary/aromatic N) is 4. The summed E-state index contributed by atoms with van der Waals surface area (Å²) >= 11 is 1.61. The first-order valence-electron chi connectivity index (χ1n) is 11.5. The molecule has 5 rings (SSSR count). The Morgan fingerprint density at radius 1 is 1.08 bits per heavy atom. The Morgan fingerprint density at radius 2 is 1.81 bits per heavy atom. The fraction of sp³-hybridized carbons (Fsp3) is 0.231. The number of aliphatic imine (C=N–C) groups is 1. The van der Waals surface area contributed by atoms with Crippen molar-refractivity contribution < 1.29 is 18.3 Å². The van der Waals surface area contributed by atoms with Crippen LogP contribution in [0.2, 0.25) is 0 Å². The number of fused-ring (bicyclic) bond motifs is 3. The summed E-state index contributed by atoms with van der Waals surface area (Å²) in [5, 5.41) is 22.3. The van der Waals surface area contributed by atoms with Gasteiger partial charge in [-0.3, -0.25) is 14.4 Å². The van der Waals surface area contributed by atoms with Gasteiger partial charge in [-0.1, -0.05) is 18.2 Å². The molecule has 11 heteroatoms. The summed E-state index contributed by atoms with van der Waals surface area (Å²) in [5.74, 6) is 0.232. The second-order valence-corrected chi connectivity index (χ2v) is 12.2. The number of nitrogens with one attached hydrogen (secondary N) is 1. The third-order valence-electron chi connectivity index (χ3n) is 6.32. The van der Waals surface area contributed by atoms with Gasteiger partial charge in [0, 0.05) is 33.6 Å². The summed E-state index contributed by atoms with van der Waals surface area (Å²) in [7, 11) is -3.32. The highest BCUT2D eigenvalue weighted by Crippen LogP contribution is 2.39. The highest BCUT2D eigenvalue weighted by Gasteiger charge is 2.32. The van der Waals surface area contributed by atoms with Gasteiger partial charge in [-0.15, -0.1) is 21.5 Å². The molecule has 0 radical (unpaired) electrons. The molecule has 2 aromatic carbocycles. The van der Waals surface area contributed by atoms with E-state index in [1.807, 2.05) is 42.7 Å². The number of hydrogen-bond acceptors (Lipinski definition) is 8. The van der Waals surface area contributed by atoms with E-state index in [1.54, 1.807) is 35.6 Å². The smallest absolute Gasteiger partial charge is 0.306 e. The number of benzene rings is 2. The third kappa shape index (κ3) is 4.67. The van der Waals surface area contributed by atoms with Crippen LogP contribution in [0.4, 0.5) is 11.4 Å². The molecule has 2 aromatic heterocycles. The second kappa shape index (κ2) is 9.24. The zero-order valence-electron chi connectivity index (χ0n) is 20.7. The predicted molar refractivity (Wildman–Crippen MR) is 143 cm³/mol. The van der Waals surface area contributed by atoms with Gasteiger partial charge >= 0.3 is 5.97 Å². The van der Waals surface area contributed by atoms with E-state index in [-0.39, 0.29) is 11.3 Å². The molecule has 0 saturated carbocycles. The molecule has 1 atom stereocenters. The van der Waals surface area contributed by atoms with E-state index in [0.717, 1.165) is 32.3 Å². The molecule has 0 saturated heterocycles. The van der Waals surface area contributed by atoms with Gasteiger partial charge in [0.1, 0.15) is 16.9 Å². The van der Waals surface area contributed by atoms with E-state index >= 15 is 0 Å². The van der Waals surface area contributed by atoms with Crippen molar-refractivity contribution >= 4 is 44.2 Å². The number of carbonyl (C=O) groups is 1. The average Bonchev–Trinajstić information content (AvgIpc) is 3.31. The van der Waals surface area contributed by atoms with Crippen LogP contribution in [-0.4, -0.2) is 46.2 Å². The standard InChI is InChI=1S/C26H25N5O4S2/c1-14-15(2)36-26-23(14)24(28-21(13-22(32)33)25-30-29-16(3)31(25)26)17-8-10-18(11-9-17)27-19-6-5-7-20(12-19)37(4,34)35/h5-12,21,27H,13H2,1-4H3,(H,32,33)/t21-/m0/s1. The number of aliphatic carboxylic acids is 1. The lowest BCUT2D eigenvalue weighted by atomic mass is 9.99. The van der Waals surface area contributed by atoms with E-state index in [1.165, 1.54) is 6.26 Å². The fourth-order valence-corrected chi connectivity index (χ4v) is 6.25. The summed E-state index contributed by atoms with van der Waals surface area (Å²) in [6, 6.07) is 13.6. The van der Waals surface area contributed by atoms with Crippen LogP contribution in [0.25, 0.3) is 5.00 Å². The Balaban J connectivity index is 1.57. The van der Waals surface area contributed by atoms with Gasteiger partial charge in [-0.05, 0) is 56.7 Å². The van der Waals surface area contributed by atoms with Crippen molar-refractivity contribution in [1.82, 2.24) is 14.8 Å². The number of anilines is 2. The minimum Gasteiger partial charge on any atom is -0.481 e. The van der Waals surface area contributed by atoms with E-state index < -0.39 is 21.8 Å². The maximum absolute atomic E-state index is 11.9. The van der Waals surface area contributed by atoms with E-state index in [0.29, 0.717) is 23.0 Å². The molecular formula is C26H25N5O4S2. The quantitative estimate of drug-likeness (QED) is 0.364. The largest absolute Gasteiger partial charge is 0.481 e. The van der Waals surface area contributed by atoms with E-state index in [4.69, 9.17) is 4.99 Å². The first-order valence-corrected chi connectivity index (χ1v) is 14.2. The molecule has 0 amide bonds. The molecule has 0 aliphatic carbocycles. The number of carboxylic acid groups (broad SMARTS) is 1. The molecule has 9 nitrogen and oxygen atoms in total. The van der Waals surface area contributed by atoms with Crippen molar-refractivity contribution in [2.45, 2.75) is 38.1 Å². The SMILES string of the molecule is Cc1sc2c(c1C)C(c1ccc(Nc3cccc(S(C)(=O)=O)c3)cc1)=N[C@@H](CC(=O)O)c1nnc(C)n1-2. The maximum Gasteiger partial charge on any atom is 0.306 e. The molecule has 1 aliphatic heterocycles. The topological polar surface area (TPSA) is 127 Å². The van der Waals surface area contributed by atoms with Crippen LogP contribution in [0, 0.1) is 20.8 Å². The summed E-state index contributed by atoms with van der Waals surface area (Å²) in [5.41, 5.74) is 5.00. The average molecular weight is 536 g/mol. The van der Waals surface area contributed by atoms with Gasteiger partial charge in [-0.2, -0.15) is 0 Å². The summed E-state index contributed by atoms with van der Waals surface area (Å²) in [4.78, 5) is 18.0. The molecule has 190 valence electrons. The first-order chi connectivity index (χ1) is 17.5. The Hall–Kier alpha value is -3.83. The molecule has 37 heavy (non-hydrogen) atoms. The van der Waals surface area contributed by atoms with Crippen LogP contribution in [0.3, 0.4) is 0 Å². The lowest BCUT2D eigenvalue weighted by molar-refractivity contribution is -0.137. The van der Waals surface area contributed by atoms with Crippen LogP contribution in [0.5, 0.6) is 0 Å². The van der Waals surface area contributed by atoms with Crippen molar-refractivity contribution in [2.24, 2.45) is 4.99 Å². The fourth-order valence-electron chi connectivity index (χ4n) is 4.37. The molecule has 2 N–H and O–H groups in total. The monoisotopic (exact) mass is 535 g/mol. The van der Waals surface area contributed by atoms with Crippen LogP contribution >= 0.6 is 11.3 Å². The normalized spacial score (nSPS) is 14.9. The third-order valence-corrected chi connectivity index (χ3v) is 8.62. The molecule has 0 spiro atoms. The van der Waals surface area contributed by atoms with E-state index in [9.17, 15) is 18.3 Å². The zero-order valence-corrected chi connectivity index (χ0v) is 22.3. The van der Waals surface area contributed by atoms with Crippen LogP contribution in [0.15, 0.2) is 58.4 Å². The van der Waals surface area contributed by atoms with E-state index in [2.05, 4.69) is 22.4 Å². The van der Waals surface area contributed by atoms with Crippen molar-refractivity contribution in [2.75, 3.05) is 11.6 Å². The molecule has 1 aliphatic rings. The number of carboxylic acids is 1. The number of sulfone groups is 1. The molecule has 0 bridgehead atoms. The van der Waals surface area contributed by atoms with Crippen molar-refractivity contribution in [1.29, 1.82) is 0 Å². The van der Waals surface area contributed by atoms with Gasteiger partial charge in [0.2, 0.25) is 0 Å². The minimum atomic E-state index is -3.32. The lowest BCUT2D eigenvalue weighted by Crippen LogP contribution is -2.10. The summed E-state index contributed by atoms with van der Waals surface area (Å²) < 4.78 is 25.7. The van der Waals surface area contributed by atoms with Crippen LogP contribution in [0.1, 0.15) is 45.7 Å². The number of hydrogen-bond donors (Lipinski definition) is 2. The summed E-state index contributed by atoms with van der Waals surface area (Å²) in [6.45, 7) is 5.95. The summed E-state index contributed by atoms with van der Waals surface area (Å²) in [6.07, 6.45) is 0.975. The van der Waals surface area contributed by atoms with Crippen LogP contribution < -0.4 is 5.32 Å². The highest BCUT2D eigenvalue weighted by atomic mass is 32.2. The molecular weight excluding hydrogens is 510 g/mol. The number of aromatic nitrogens is 3. The number of rotatable bonds is 6. The lowest BCUT2D eigenvalue weighted by Gasteiger charge is -2.12. The minimum absolute atomic E-state index is 0.203. The van der Waals surface area contributed by atoms with Crippen molar-refractivity contribution in [3.05, 3.63) is 81.7 Å². The van der Waals surface area contributed by atoms with Crippen molar-refractivity contribution in [3.8, 4) is 5.00 Å². The highest BCUT2D eigenvalue weighted by molar-refractivity contribution is 7.90. The molecule has 4 aromatic rings. The second-order valence-electron chi connectivity index (χ2n) is 9.00. The molecule has 0 unspecified atom stereocenters. The first kappa shape index (κ1) is 24.8. The Kier molecular flexibility index (Phi) is 6.20. The van der Waals surface area contributed by atoms with Crippen LogP contribution in [-0.2, 0) is 14.6 Å². The number of aryl methyl sites for hydroxylation is 2. The Labute approximate surface area is 218 Å². The zero-order chi connectivity index (χ0) is 26.5.